The van der Waals surface area contributed by atoms with Crippen LogP contribution in [0.1, 0.15) is 70.5 Å². The van der Waals surface area contributed by atoms with Gasteiger partial charge in [-0.1, -0.05) is 61.3 Å². The summed E-state index contributed by atoms with van der Waals surface area (Å²) in [7, 11) is 0. The molecule has 5 aliphatic rings. The largest absolute Gasteiger partial charge is 0.393 e. The number of nitrogens with zero attached hydrogens (tertiary/aromatic N) is 5. The Morgan fingerprint density at radius 1 is 0.957 bits per heavy atom. The zero-order chi connectivity index (χ0) is 33.2. The monoisotopic (exact) mass is 695 g/mol. The molecule has 3 fully saturated rings. The van der Waals surface area contributed by atoms with Gasteiger partial charge in [-0.2, -0.15) is 0 Å². The predicted molar refractivity (Wildman–Crippen MR) is 188 cm³/mol. The van der Waals surface area contributed by atoms with E-state index in [1.165, 1.54) is 11.8 Å². The highest BCUT2D eigenvalue weighted by molar-refractivity contribution is 8.18. The van der Waals surface area contributed by atoms with Gasteiger partial charge in [-0.05, 0) is 92.6 Å². The molecule has 0 bridgehead atoms. The Kier molecular flexibility index (Phi) is 8.92. The van der Waals surface area contributed by atoms with E-state index < -0.39 is 11.6 Å². The zero-order valence-electron chi connectivity index (χ0n) is 27.4. The number of halogens is 2. The lowest BCUT2D eigenvalue weighted by Crippen LogP contribution is -2.58. The van der Waals surface area contributed by atoms with Crippen molar-refractivity contribution in [3.05, 3.63) is 80.3 Å². The van der Waals surface area contributed by atoms with Crippen LogP contribution in [0.3, 0.4) is 0 Å². The molecule has 2 saturated heterocycles. The second kappa shape index (κ2) is 12.7. The molecule has 4 heterocycles. The molecule has 7 rings (SSSR count). The first-order valence-electron chi connectivity index (χ1n) is 16.8. The first kappa shape index (κ1) is 33.0. The summed E-state index contributed by atoms with van der Waals surface area (Å²) in [4.78, 5) is 43.2. The molecule has 4 aliphatic heterocycles. The van der Waals surface area contributed by atoms with E-state index in [4.69, 9.17) is 28.2 Å². The molecule has 8 nitrogen and oxygen atoms in total. The van der Waals surface area contributed by atoms with Crippen LogP contribution in [0.5, 0.6) is 0 Å². The van der Waals surface area contributed by atoms with Gasteiger partial charge in [0, 0.05) is 54.0 Å². The van der Waals surface area contributed by atoms with Crippen molar-refractivity contribution in [1.29, 1.82) is 0 Å². The van der Waals surface area contributed by atoms with Crippen LogP contribution in [0, 0.1) is 5.92 Å². The van der Waals surface area contributed by atoms with Crippen molar-refractivity contribution in [1.82, 2.24) is 19.6 Å². The SMILES string of the molecule is CC(C)C1=C(C(=O)N2[C@H](C)CC[C@@H]2C(=O)N2CCN(C3CC(O)C3)CC2)SC2=N[C@@](C)(c3ccc(Cl)cc3)[C@@H](c3ccc(Cl)cc3)N21. The van der Waals surface area contributed by atoms with Crippen LogP contribution in [0.2, 0.25) is 10.0 Å². The van der Waals surface area contributed by atoms with E-state index in [-0.39, 0.29) is 35.9 Å². The van der Waals surface area contributed by atoms with Gasteiger partial charge in [0.1, 0.15) is 16.5 Å². The molecule has 1 saturated carbocycles. The fourth-order valence-corrected chi connectivity index (χ4v) is 9.73. The van der Waals surface area contributed by atoms with Crippen molar-refractivity contribution in [2.75, 3.05) is 26.2 Å². The van der Waals surface area contributed by atoms with Gasteiger partial charge in [-0.25, -0.2) is 4.99 Å². The molecule has 2 aromatic carbocycles. The van der Waals surface area contributed by atoms with Crippen molar-refractivity contribution in [3.8, 4) is 0 Å². The second-order valence-corrected chi connectivity index (χ2v) is 16.0. The van der Waals surface area contributed by atoms with Gasteiger partial charge in [0.15, 0.2) is 5.17 Å². The summed E-state index contributed by atoms with van der Waals surface area (Å²) in [5.41, 5.74) is 2.39. The Labute approximate surface area is 291 Å². The van der Waals surface area contributed by atoms with Crippen molar-refractivity contribution < 1.29 is 14.7 Å². The molecule has 0 radical (unpaired) electrons. The minimum absolute atomic E-state index is 0.0293. The third-order valence-electron chi connectivity index (χ3n) is 10.8. The number of aliphatic hydroxyl groups excluding tert-OH is 1. The highest BCUT2D eigenvalue weighted by atomic mass is 35.5. The standard InChI is InChI=1S/C36H43Cl2N5O3S/c1-21(2)30-31(34(46)42-22(3)5-14-29(42)33(45)41-17-15-40(16-18-41)27-19-28(44)20-27)47-35-39-36(4,24-8-12-26(38)13-9-24)32(43(30)35)23-6-10-25(37)11-7-23/h6-13,21-22,27-29,32,44H,5,14-20H2,1-4H3/t22-,27?,28?,29-,32-,36+/m1/s1. The van der Waals surface area contributed by atoms with Gasteiger partial charge in [0.05, 0.1) is 12.1 Å². The van der Waals surface area contributed by atoms with E-state index in [1.54, 1.807) is 0 Å². The summed E-state index contributed by atoms with van der Waals surface area (Å²) in [6.45, 7) is 11.4. The lowest BCUT2D eigenvalue weighted by Gasteiger charge is -2.45. The summed E-state index contributed by atoms with van der Waals surface area (Å²) >= 11 is 14.1. The molecule has 0 unspecified atom stereocenters. The van der Waals surface area contributed by atoms with E-state index in [2.05, 4.69) is 37.5 Å². The molecule has 0 aromatic heterocycles. The molecule has 47 heavy (non-hydrogen) atoms. The number of aliphatic imine (C=N–C) groups is 1. The lowest BCUT2D eigenvalue weighted by molar-refractivity contribution is -0.145. The van der Waals surface area contributed by atoms with Crippen LogP contribution in [0.15, 0.2) is 64.1 Å². The number of amidine groups is 1. The maximum absolute atomic E-state index is 14.7. The Morgan fingerprint density at radius 2 is 1.57 bits per heavy atom. The maximum atomic E-state index is 14.7. The predicted octanol–water partition coefficient (Wildman–Crippen LogP) is 6.28. The van der Waals surface area contributed by atoms with Crippen molar-refractivity contribution in [2.45, 2.75) is 89.2 Å². The molecule has 0 spiro atoms. The molecule has 2 aromatic rings. The Hall–Kier alpha value is -2.56. The van der Waals surface area contributed by atoms with E-state index >= 15 is 0 Å². The molecule has 2 amide bonds. The first-order chi connectivity index (χ1) is 22.5. The third-order valence-corrected chi connectivity index (χ3v) is 12.3. The Balaban J connectivity index is 1.19. The molecular formula is C36H43Cl2N5O3S. The average Bonchev–Trinajstić information content (AvgIpc) is 3.69. The van der Waals surface area contributed by atoms with Crippen LogP contribution in [0.25, 0.3) is 0 Å². The molecule has 11 heteroatoms. The number of thioether (sulfide) groups is 1. The van der Waals surface area contributed by atoms with Crippen LogP contribution in [0.4, 0.5) is 0 Å². The second-order valence-electron chi connectivity index (χ2n) is 14.1. The highest BCUT2D eigenvalue weighted by Crippen LogP contribution is 2.56. The number of amides is 2. The number of piperazine rings is 1. The van der Waals surface area contributed by atoms with Crippen molar-refractivity contribution >= 4 is 51.9 Å². The summed E-state index contributed by atoms with van der Waals surface area (Å²) in [5, 5.41) is 11.9. The lowest BCUT2D eigenvalue weighted by atomic mass is 9.81. The molecule has 1 aliphatic carbocycles. The molecule has 250 valence electrons. The minimum atomic E-state index is -0.644. The topological polar surface area (TPSA) is 79.7 Å². The van der Waals surface area contributed by atoms with Crippen LogP contribution in [-0.2, 0) is 15.1 Å². The summed E-state index contributed by atoms with van der Waals surface area (Å²) < 4.78 is 0. The zero-order valence-corrected chi connectivity index (χ0v) is 29.7. The average molecular weight is 697 g/mol. The van der Waals surface area contributed by atoms with Gasteiger partial charge < -0.3 is 19.8 Å². The Bertz CT molecular complexity index is 1600. The fourth-order valence-electron chi connectivity index (χ4n) is 8.13. The van der Waals surface area contributed by atoms with Gasteiger partial charge >= 0.3 is 0 Å². The van der Waals surface area contributed by atoms with Crippen LogP contribution >= 0.6 is 35.0 Å². The number of hydrogen-bond acceptors (Lipinski definition) is 7. The maximum Gasteiger partial charge on any atom is 0.263 e. The number of rotatable bonds is 6. The number of likely N-dealkylation sites (tertiary alicyclic amines) is 1. The minimum Gasteiger partial charge on any atom is -0.393 e. The number of carbonyl (C=O) groups is 2. The Morgan fingerprint density at radius 3 is 2.17 bits per heavy atom. The number of fused-ring (bicyclic) bond motifs is 1. The van der Waals surface area contributed by atoms with Crippen molar-refractivity contribution in [2.24, 2.45) is 10.9 Å². The summed E-state index contributed by atoms with van der Waals surface area (Å²) in [6, 6.07) is 15.5. The van der Waals surface area contributed by atoms with Crippen LogP contribution in [-0.4, -0.2) is 92.1 Å². The number of aliphatic hydroxyl groups is 1. The number of allylic oxidation sites excluding steroid dienone is 1. The summed E-state index contributed by atoms with van der Waals surface area (Å²) in [5.74, 6) is 0.00357. The van der Waals surface area contributed by atoms with Gasteiger partial charge in [-0.3, -0.25) is 14.5 Å². The fraction of sp³-hybridized carbons (Fsp3) is 0.528. The van der Waals surface area contributed by atoms with Crippen molar-refractivity contribution in [3.63, 3.8) is 0 Å². The highest BCUT2D eigenvalue weighted by Gasteiger charge is 2.54. The number of benzene rings is 2. The summed E-state index contributed by atoms with van der Waals surface area (Å²) in [6.07, 6.45) is 2.92. The van der Waals surface area contributed by atoms with Gasteiger partial charge in [-0.15, -0.1) is 0 Å². The smallest absolute Gasteiger partial charge is 0.263 e. The van der Waals surface area contributed by atoms with Gasteiger partial charge in [0.2, 0.25) is 5.91 Å². The quantitative estimate of drug-likeness (QED) is 0.383. The first-order valence-corrected chi connectivity index (χ1v) is 18.4. The van der Waals surface area contributed by atoms with E-state index in [0.717, 1.165) is 54.3 Å². The van der Waals surface area contributed by atoms with Crippen LogP contribution < -0.4 is 0 Å². The van der Waals surface area contributed by atoms with E-state index in [0.29, 0.717) is 40.5 Å². The number of carbonyl (C=O) groups excluding carboxylic acids is 2. The molecule has 1 N–H and O–H groups in total. The normalized spacial score (nSPS) is 31.0. The van der Waals surface area contributed by atoms with E-state index in [1.807, 2.05) is 58.3 Å². The molecular weight excluding hydrogens is 653 g/mol. The van der Waals surface area contributed by atoms with Gasteiger partial charge in [0.25, 0.3) is 5.91 Å². The number of hydrogen-bond donors (Lipinski definition) is 1. The molecule has 4 atom stereocenters. The van der Waals surface area contributed by atoms with E-state index in [9.17, 15) is 14.7 Å². The third kappa shape index (κ3) is 5.80.